The Kier molecular flexibility index (Phi) is 3.34. The van der Waals surface area contributed by atoms with Crippen LogP contribution in [0, 0.1) is 22.7 Å². The highest BCUT2D eigenvalue weighted by Gasteiger charge is 2.54. The Hall–Kier alpha value is -1.33. The number of nitriles is 1. The first kappa shape index (κ1) is 13.6. The molecule has 0 aliphatic heterocycles. The van der Waals surface area contributed by atoms with Crippen LogP contribution in [-0.2, 0) is 12.0 Å². The number of nitrogens with zero attached hydrogens (tertiary/aromatic N) is 1. The van der Waals surface area contributed by atoms with E-state index in [0.717, 1.165) is 50.5 Å². The van der Waals surface area contributed by atoms with Gasteiger partial charge < -0.3 is 5.11 Å². The lowest BCUT2D eigenvalue weighted by Gasteiger charge is -2.49. The largest absolute Gasteiger partial charge is 0.383 e. The van der Waals surface area contributed by atoms with Crippen molar-refractivity contribution in [3.8, 4) is 6.07 Å². The molecular formula is C18H23NO. The molecule has 1 atom stereocenters. The van der Waals surface area contributed by atoms with Gasteiger partial charge in [0.25, 0.3) is 0 Å². The molecule has 0 aromatic heterocycles. The van der Waals surface area contributed by atoms with Gasteiger partial charge >= 0.3 is 0 Å². The smallest absolute Gasteiger partial charge is 0.108 e. The van der Waals surface area contributed by atoms with Crippen molar-refractivity contribution in [3.05, 3.63) is 35.4 Å². The highest BCUT2D eigenvalue weighted by molar-refractivity contribution is 5.38. The quantitative estimate of drug-likeness (QED) is 0.839. The molecule has 3 rings (SSSR count). The zero-order valence-electron chi connectivity index (χ0n) is 12.2. The Morgan fingerprint density at radius 3 is 2.60 bits per heavy atom. The van der Waals surface area contributed by atoms with Crippen LogP contribution in [0.4, 0.5) is 0 Å². The average molecular weight is 269 g/mol. The van der Waals surface area contributed by atoms with E-state index in [1.165, 1.54) is 5.56 Å². The minimum absolute atomic E-state index is 0.587. The summed E-state index contributed by atoms with van der Waals surface area (Å²) in [6.07, 6.45) is 6.50. The van der Waals surface area contributed by atoms with Gasteiger partial charge in [0.1, 0.15) is 5.60 Å². The molecule has 1 aromatic carbocycles. The molecule has 1 N–H and O–H groups in total. The number of hydrogen-bond acceptors (Lipinski definition) is 2. The van der Waals surface area contributed by atoms with Crippen LogP contribution in [-0.4, -0.2) is 5.11 Å². The van der Waals surface area contributed by atoms with Gasteiger partial charge in [-0.3, -0.25) is 0 Å². The molecule has 0 spiro atoms. The van der Waals surface area contributed by atoms with Gasteiger partial charge in [0.05, 0.1) is 11.5 Å². The number of aryl methyl sites for hydroxylation is 1. The Bertz CT molecular complexity index is 537. The van der Waals surface area contributed by atoms with E-state index in [4.69, 9.17) is 0 Å². The number of hydrogen-bond donors (Lipinski definition) is 1. The van der Waals surface area contributed by atoms with E-state index in [0.29, 0.717) is 5.92 Å². The first-order valence-electron chi connectivity index (χ1n) is 7.83. The van der Waals surface area contributed by atoms with E-state index in [1.54, 1.807) is 0 Å². The minimum Gasteiger partial charge on any atom is -0.383 e. The fourth-order valence-corrected chi connectivity index (χ4v) is 4.18. The van der Waals surface area contributed by atoms with Gasteiger partial charge in [-0.05, 0) is 62.0 Å². The maximum absolute atomic E-state index is 11.5. The Labute approximate surface area is 121 Å². The second-order valence-electron chi connectivity index (χ2n) is 6.75. The second kappa shape index (κ2) is 4.90. The molecule has 0 amide bonds. The summed E-state index contributed by atoms with van der Waals surface area (Å²) in [5, 5.41) is 21.3. The van der Waals surface area contributed by atoms with Gasteiger partial charge in [0.15, 0.2) is 0 Å². The first-order chi connectivity index (χ1) is 9.61. The third-order valence-electron chi connectivity index (χ3n) is 5.58. The molecule has 20 heavy (non-hydrogen) atoms. The molecule has 1 saturated carbocycles. The van der Waals surface area contributed by atoms with Gasteiger partial charge in [-0.15, -0.1) is 0 Å². The number of rotatable bonds is 1. The normalized spacial score (nSPS) is 37.0. The van der Waals surface area contributed by atoms with E-state index in [2.05, 4.69) is 19.1 Å². The van der Waals surface area contributed by atoms with Gasteiger partial charge in [-0.25, -0.2) is 0 Å². The fraction of sp³-hybridized carbons (Fsp3) is 0.611. The van der Waals surface area contributed by atoms with E-state index in [9.17, 15) is 10.4 Å². The SMILES string of the molecule is CC1CCC(C#N)(C2(O)CCCc3ccccc32)CC1. The van der Waals surface area contributed by atoms with Crippen molar-refractivity contribution in [2.75, 3.05) is 0 Å². The lowest BCUT2D eigenvalue weighted by molar-refractivity contribution is -0.0956. The molecule has 2 aliphatic carbocycles. The first-order valence-corrected chi connectivity index (χ1v) is 7.83. The summed E-state index contributed by atoms with van der Waals surface area (Å²) < 4.78 is 0. The van der Waals surface area contributed by atoms with Gasteiger partial charge in [0.2, 0.25) is 0 Å². The molecule has 0 heterocycles. The zero-order chi connectivity index (χ0) is 14.2. The highest BCUT2D eigenvalue weighted by Crippen LogP contribution is 2.55. The second-order valence-corrected chi connectivity index (χ2v) is 6.75. The summed E-state index contributed by atoms with van der Waals surface area (Å²) in [5.74, 6) is 0.680. The highest BCUT2D eigenvalue weighted by atomic mass is 16.3. The van der Waals surface area contributed by atoms with Crippen LogP contribution < -0.4 is 0 Å². The van der Waals surface area contributed by atoms with Crippen molar-refractivity contribution < 1.29 is 5.11 Å². The minimum atomic E-state index is -0.948. The third kappa shape index (κ3) is 1.88. The van der Waals surface area contributed by atoms with E-state index >= 15 is 0 Å². The summed E-state index contributed by atoms with van der Waals surface area (Å²) in [4.78, 5) is 0. The molecule has 1 fully saturated rings. The van der Waals surface area contributed by atoms with Gasteiger partial charge in [-0.2, -0.15) is 5.26 Å². The topological polar surface area (TPSA) is 44.0 Å². The molecule has 106 valence electrons. The molecule has 0 radical (unpaired) electrons. The maximum atomic E-state index is 11.5. The lowest BCUT2D eigenvalue weighted by atomic mass is 9.57. The number of aliphatic hydroxyl groups is 1. The summed E-state index contributed by atoms with van der Waals surface area (Å²) in [7, 11) is 0. The fourth-order valence-electron chi connectivity index (χ4n) is 4.18. The van der Waals surface area contributed by atoms with Crippen molar-refractivity contribution in [2.45, 2.75) is 57.5 Å². The number of fused-ring (bicyclic) bond motifs is 1. The molecule has 2 aliphatic rings. The van der Waals surface area contributed by atoms with Crippen molar-refractivity contribution in [1.29, 1.82) is 5.26 Å². The standard InChI is InChI=1S/C18H23NO/c1-14-8-11-17(13-19,12-9-14)18(20)10-4-6-15-5-2-3-7-16(15)18/h2-3,5,7,14,20H,4,6,8-12H2,1H3. The Morgan fingerprint density at radius 2 is 1.90 bits per heavy atom. The predicted molar refractivity (Wildman–Crippen MR) is 79.0 cm³/mol. The van der Waals surface area contributed by atoms with Crippen LogP contribution in [0.15, 0.2) is 24.3 Å². The van der Waals surface area contributed by atoms with E-state index < -0.39 is 11.0 Å². The molecule has 1 unspecified atom stereocenters. The van der Waals surface area contributed by atoms with Gasteiger partial charge in [0, 0.05) is 0 Å². The van der Waals surface area contributed by atoms with Crippen molar-refractivity contribution in [2.24, 2.45) is 11.3 Å². The average Bonchev–Trinajstić information content (AvgIpc) is 2.49. The molecule has 2 nitrogen and oxygen atoms in total. The summed E-state index contributed by atoms with van der Waals surface area (Å²) in [5.41, 5.74) is 0.712. The van der Waals surface area contributed by atoms with Crippen LogP contribution in [0.5, 0.6) is 0 Å². The summed E-state index contributed by atoms with van der Waals surface area (Å²) in [6.45, 7) is 2.25. The predicted octanol–water partition coefficient (Wildman–Crippen LogP) is 3.93. The van der Waals surface area contributed by atoms with Crippen LogP contribution in [0.25, 0.3) is 0 Å². The van der Waals surface area contributed by atoms with Crippen LogP contribution in [0.2, 0.25) is 0 Å². The van der Waals surface area contributed by atoms with Crippen molar-refractivity contribution in [3.63, 3.8) is 0 Å². The molecule has 0 bridgehead atoms. The maximum Gasteiger partial charge on any atom is 0.108 e. The molecule has 0 saturated heterocycles. The van der Waals surface area contributed by atoms with Crippen molar-refractivity contribution in [1.82, 2.24) is 0 Å². The summed E-state index contributed by atoms with van der Waals surface area (Å²) in [6, 6.07) is 10.7. The van der Waals surface area contributed by atoms with Gasteiger partial charge in [-0.1, -0.05) is 31.2 Å². The molecule has 1 aromatic rings. The monoisotopic (exact) mass is 269 g/mol. The number of benzene rings is 1. The van der Waals surface area contributed by atoms with Crippen molar-refractivity contribution >= 4 is 0 Å². The van der Waals surface area contributed by atoms with E-state index in [-0.39, 0.29) is 0 Å². The molecular weight excluding hydrogens is 246 g/mol. The Morgan fingerprint density at radius 1 is 1.20 bits per heavy atom. The Balaban J connectivity index is 2.06. The summed E-state index contributed by atoms with van der Waals surface area (Å²) >= 11 is 0. The third-order valence-corrected chi connectivity index (χ3v) is 5.58. The van der Waals surface area contributed by atoms with Crippen LogP contribution in [0.3, 0.4) is 0 Å². The van der Waals surface area contributed by atoms with E-state index in [1.807, 2.05) is 18.2 Å². The zero-order valence-corrected chi connectivity index (χ0v) is 12.2. The van der Waals surface area contributed by atoms with Crippen LogP contribution >= 0.6 is 0 Å². The molecule has 2 heteroatoms. The lowest BCUT2D eigenvalue weighted by Crippen LogP contribution is -2.49. The van der Waals surface area contributed by atoms with Crippen LogP contribution in [0.1, 0.15) is 56.6 Å².